The van der Waals surface area contributed by atoms with Gasteiger partial charge >= 0.3 is 0 Å². The quantitative estimate of drug-likeness (QED) is 0.201. The van der Waals surface area contributed by atoms with Crippen LogP contribution < -0.4 is 16.2 Å². The molecule has 2 amide bonds. The second-order valence-corrected chi connectivity index (χ2v) is 11.0. The maximum atomic E-state index is 12.8. The van der Waals surface area contributed by atoms with Crippen molar-refractivity contribution >= 4 is 28.4 Å². The Bertz CT molecular complexity index is 1860. The molecule has 44 heavy (non-hydrogen) atoms. The van der Waals surface area contributed by atoms with E-state index in [-0.39, 0.29) is 23.4 Å². The molecule has 0 spiro atoms. The summed E-state index contributed by atoms with van der Waals surface area (Å²) in [6.45, 7) is 6.04. The maximum Gasteiger partial charge on any atom is 0.257 e. The highest BCUT2D eigenvalue weighted by Crippen LogP contribution is 2.33. The fourth-order valence-corrected chi connectivity index (χ4v) is 5.60. The molecule has 1 saturated heterocycles. The summed E-state index contributed by atoms with van der Waals surface area (Å²) in [5.74, 6) is -0.398. The third-order valence-electron chi connectivity index (χ3n) is 7.99. The molecule has 0 unspecified atom stereocenters. The van der Waals surface area contributed by atoms with Crippen LogP contribution >= 0.6 is 0 Å². The van der Waals surface area contributed by atoms with E-state index in [2.05, 4.69) is 51.4 Å². The molecule has 0 saturated carbocycles. The lowest BCUT2D eigenvalue weighted by Gasteiger charge is -2.32. The van der Waals surface area contributed by atoms with Crippen LogP contribution in [0.4, 0.5) is 5.69 Å². The summed E-state index contributed by atoms with van der Waals surface area (Å²) < 4.78 is 0. The SMILES string of the molecule is C=CC(=O)Nc1ccc(C(=O)NC2CCN(Cc3ccc(-c4nc5cc[nH]c(=O)c5cc4-c4ccccc4)cc3)CC2)cc1. The smallest absolute Gasteiger partial charge is 0.257 e. The number of aromatic amines is 1. The average Bonchev–Trinajstić information content (AvgIpc) is 3.06. The van der Waals surface area contributed by atoms with Crippen LogP contribution in [0.3, 0.4) is 0 Å². The van der Waals surface area contributed by atoms with E-state index in [1.807, 2.05) is 42.5 Å². The van der Waals surface area contributed by atoms with Crippen LogP contribution in [-0.2, 0) is 11.3 Å². The normalized spacial score (nSPS) is 13.8. The van der Waals surface area contributed by atoms with Crippen molar-refractivity contribution in [3.63, 3.8) is 0 Å². The molecule has 0 aliphatic carbocycles. The van der Waals surface area contributed by atoms with Crippen molar-refractivity contribution < 1.29 is 9.59 Å². The van der Waals surface area contributed by atoms with Gasteiger partial charge < -0.3 is 15.6 Å². The van der Waals surface area contributed by atoms with Crippen LogP contribution in [-0.4, -0.2) is 45.8 Å². The number of H-pyrrole nitrogens is 1. The van der Waals surface area contributed by atoms with E-state index in [0.29, 0.717) is 22.2 Å². The molecule has 1 aliphatic rings. The molecule has 220 valence electrons. The van der Waals surface area contributed by atoms with Gasteiger partial charge in [-0.25, -0.2) is 4.98 Å². The van der Waals surface area contributed by atoms with Gasteiger partial charge in [0.25, 0.3) is 11.5 Å². The zero-order valence-electron chi connectivity index (χ0n) is 24.3. The van der Waals surface area contributed by atoms with Crippen molar-refractivity contribution in [2.75, 3.05) is 18.4 Å². The van der Waals surface area contributed by atoms with Crippen molar-refractivity contribution in [1.82, 2.24) is 20.2 Å². The summed E-state index contributed by atoms with van der Waals surface area (Å²) in [4.78, 5) is 46.8. The Hall–Kier alpha value is -5.34. The molecule has 1 aliphatic heterocycles. The minimum absolute atomic E-state index is 0.109. The van der Waals surface area contributed by atoms with Gasteiger partial charge in [-0.05, 0) is 66.4 Å². The van der Waals surface area contributed by atoms with E-state index < -0.39 is 0 Å². The van der Waals surface area contributed by atoms with Gasteiger partial charge in [0.2, 0.25) is 5.91 Å². The Kier molecular flexibility index (Phi) is 8.43. The van der Waals surface area contributed by atoms with Crippen LogP contribution in [0.5, 0.6) is 0 Å². The van der Waals surface area contributed by atoms with Gasteiger partial charge in [-0.1, -0.05) is 61.2 Å². The minimum atomic E-state index is -0.289. The first kappa shape index (κ1) is 28.8. The predicted octanol–water partition coefficient (Wildman–Crippen LogP) is 5.78. The van der Waals surface area contributed by atoms with Crippen LogP contribution in [0.25, 0.3) is 33.3 Å². The van der Waals surface area contributed by atoms with Crippen LogP contribution in [0.2, 0.25) is 0 Å². The first-order chi connectivity index (χ1) is 21.5. The summed E-state index contributed by atoms with van der Waals surface area (Å²) in [5.41, 5.74) is 6.66. The Morgan fingerprint density at radius 1 is 0.932 bits per heavy atom. The zero-order chi connectivity index (χ0) is 30.5. The Balaban J connectivity index is 1.08. The molecule has 3 aromatic carbocycles. The Labute approximate surface area is 255 Å². The molecule has 2 aromatic heterocycles. The number of hydrogen-bond acceptors (Lipinski definition) is 5. The summed E-state index contributed by atoms with van der Waals surface area (Å²) in [6, 6.07) is 29.2. The number of carbonyl (C=O) groups excluding carboxylic acids is 2. The number of fused-ring (bicyclic) bond motifs is 1. The van der Waals surface area contributed by atoms with Gasteiger partial charge in [-0.15, -0.1) is 0 Å². The Morgan fingerprint density at radius 3 is 2.36 bits per heavy atom. The van der Waals surface area contributed by atoms with Crippen molar-refractivity contribution in [2.45, 2.75) is 25.4 Å². The van der Waals surface area contributed by atoms with Crippen LogP contribution in [0.1, 0.15) is 28.8 Å². The highest BCUT2D eigenvalue weighted by atomic mass is 16.2. The number of hydrogen-bond donors (Lipinski definition) is 3. The molecule has 3 heterocycles. The highest BCUT2D eigenvalue weighted by molar-refractivity contribution is 6.00. The fraction of sp³-hybridized carbons (Fsp3) is 0.167. The second-order valence-electron chi connectivity index (χ2n) is 11.0. The highest BCUT2D eigenvalue weighted by Gasteiger charge is 2.21. The monoisotopic (exact) mass is 583 g/mol. The summed E-state index contributed by atoms with van der Waals surface area (Å²) in [6.07, 6.45) is 4.58. The molecule has 0 radical (unpaired) electrons. The zero-order valence-corrected chi connectivity index (χ0v) is 24.3. The average molecular weight is 584 g/mol. The van der Waals surface area contributed by atoms with Gasteiger partial charge in [0.15, 0.2) is 0 Å². The standard InChI is InChI=1S/C36H33N5O3/c1-2-33(42)38-28-14-12-27(13-15-28)35(43)39-29-17-20-41(21-18-29)23-24-8-10-26(11-9-24)34-30(25-6-4-3-5-7-25)22-31-32(40-34)16-19-37-36(31)44/h2-16,19,22,29H,1,17-18,20-21,23H2,(H,37,44)(H,38,42)(H,39,43). The van der Waals surface area contributed by atoms with E-state index in [1.165, 1.54) is 11.6 Å². The molecule has 5 aromatic rings. The predicted molar refractivity (Wildman–Crippen MR) is 174 cm³/mol. The molecule has 6 rings (SSSR count). The van der Waals surface area contributed by atoms with Gasteiger partial charge in [0.1, 0.15) is 0 Å². The molecular weight excluding hydrogens is 550 g/mol. The topological polar surface area (TPSA) is 107 Å². The number of benzene rings is 3. The molecule has 8 heteroatoms. The van der Waals surface area contributed by atoms with Gasteiger partial charge in [-0.2, -0.15) is 0 Å². The summed E-state index contributed by atoms with van der Waals surface area (Å²) >= 11 is 0. The van der Waals surface area contributed by atoms with E-state index in [0.717, 1.165) is 54.9 Å². The van der Waals surface area contributed by atoms with E-state index in [9.17, 15) is 14.4 Å². The summed E-state index contributed by atoms with van der Waals surface area (Å²) in [7, 11) is 0. The largest absolute Gasteiger partial charge is 0.349 e. The van der Waals surface area contributed by atoms with E-state index >= 15 is 0 Å². The second kappa shape index (κ2) is 12.9. The van der Waals surface area contributed by atoms with Crippen LogP contribution in [0.15, 0.2) is 115 Å². The van der Waals surface area contributed by atoms with Crippen molar-refractivity contribution in [3.05, 3.63) is 131 Å². The number of pyridine rings is 2. The number of aromatic nitrogens is 2. The third-order valence-corrected chi connectivity index (χ3v) is 7.99. The molecule has 3 N–H and O–H groups in total. The van der Waals surface area contributed by atoms with E-state index in [1.54, 1.807) is 30.5 Å². The molecule has 0 bridgehead atoms. The number of anilines is 1. The number of likely N-dealkylation sites (tertiary alicyclic amines) is 1. The van der Waals surface area contributed by atoms with Crippen molar-refractivity contribution in [3.8, 4) is 22.4 Å². The first-order valence-electron chi connectivity index (χ1n) is 14.7. The van der Waals surface area contributed by atoms with Crippen molar-refractivity contribution in [2.24, 2.45) is 0 Å². The van der Waals surface area contributed by atoms with E-state index in [4.69, 9.17) is 4.98 Å². The van der Waals surface area contributed by atoms with Crippen molar-refractivity contribution in [1.29, 1.82) is 0 Å². The van der Waals surface area contributed by atoms with Gasteiger partial charge in [0.05, 0.1) is 16.6 Å². The summed E-state index contributed by atoms with van der Waals surface area (Å²) in [5, 5.41) is 6.41. The number of rotatable bonds is 8. The molecule has 1 fully saturated rings. The molecular formula is C36H33N5O3. The third kappa shape index (κ3) is 6.50. The lowest BCUT2D eigenvalue weighted by Crippen LogP contribution is -2.44. The molecule has 8 nitrogen and oxygen atoms in total. The van der Waals surface area contributed by atoms with Gasteiger partial charge in [-0.3, -0.25) is 19.3 Å². The molecule has 0 atom stereocenters. The lowest BCUT2D eigenvalue weighted by molar-refractivity contribution is -0.111. The number of carbonyl (C=O) groups is 2. The maximum absolute atomic E-state index is 12.8. The number of nitrogens with zero attached hydrogens (tertiary/aromatic N) is 2. The minimum Gasteiger partial charge on any atom is -0.349 e. The van der Waals surface area contributed by atoms with Crippen LogP contribution in [0, 0.1) is 0 Å². The number of piperidine rings is 1. The van der Waals surface area contributed by atoms with Gasteiger partial charge in [0, 0.05) is 54.3 Å². The number of amides is 2. The Morgan fingerprint density at radius 2 is 1.66 bits per heavy atom. The fourth-order valence-electron chi connectivity index (χ4n) is 5.60. The lowest BCUT2D eigenvalue weighted by atomic mass is 9.97. The first-order valence-corrected chi connectivity index (χ1v) is 14.7. The number of nitrogens with one attached hydrogen (secondary N) is 3.